The lowest BCUT2D eigenvalue weighted by molar-refractivity contribution is 0.241. The van der Waals surface area contributed by atoms with Crippen molar-refractivity contribution in [1.82, 2.24) is 15.7 Å². The van der Waals surface area contributed by atoms with E-state index in [2.05, 4.69) is 39.9 Å². The van der Waals surface area contributed by atoms with Crippen LogP contribution in [0.1, 0.15) is 21.8 Å². The predicted octanol–water partition coefficient (Wildman–Crippen LogP) is 1.95. The molecule has 1 aromatic heterocycles. The molecule has 1 heterocycles. The zero-order chi connectivity index (χ0) is 15.1. The van der Waals surface area contributed by atoms with E-state index in [9.17, 15) is 4.79 Å². The highest BCUT2D eigenvalue weighted by atomic mass is 32.1. The predicted molar refractivity (Wildman–Crippen MR) is 85.1 cm³/mol. The van der Waals surface area contributed by atoms with Gasteiger partial charge in [0.1, 0.15) is 0 Å². The summed E-state index contributed by atoms with van der Waals surface area (Å²) >= 11 is 1.70. The number of nitrogens with two attached hydrogens (primary N) is 1. The van der Waals surface area contributed by atoms with Crippen LogP contribution in [0.25, 0.3) is 0 Å². The van der Waals surface area contributed by atoms with Crippen LogP contribution in [0.15, 0.2) is 29.6 Å². The molecule has 4 N–H and O–H groups in total. The summed E-state index contributed by atoms with van der Waals surface area (Å²) in [7, 11) is 0. The quantitative estimate of drug-likeness (QED) is 0.433. The minimum absolute atomic E-state index is 0.356. The maximum atomic E-state index is 10.9. The molecule has 0 aliphatic rings. The second kappa shape index (κ2) is 7.75. The molecule has 0 saturated carbocycles. The smallest absolute Gasteiger partial charge is 0.328 e. The lowest BCUT2D eigenvalue weighted by Crippen LogP contribution is -2.40. The van der Waals surface area contributed by atoms with E-state index in [0.717, 1.165) is 24.3 Å². The second-order valence-corrected chi connectivity index (χ2v) is 5.89. The highest BCUT2D eigenvalue weighted by molar-refractivity contribution is 7.09. The van der Waals surface area contributed by atoms with Crippen molar-refractivity contribution in [2.45, 2.75) is 26.2 Å². The number of aryl methyl sites for hydroxylation is 3. The number of rotatable bonds is 6. The number of hydrazine groups is 1. The standard InChI is InChI=1S/C15H20N4OS/c1-11-18-14(10-21-11)7-6-12-2-4-13(5-3-12)8-9-17-15(20)19-16/h2-5,10H,6-9,16H2,1H3,(H2,17,19,20). The number of aromatic nitrogens is 1. The Labute approximate surface area is 128 Å². The summed E-state index contributed by atoms with van der Waals surface area (Å²) in [4.78, 5) is 15.4. The van der Waals surface area contributed by atoms with Gasteiger partial charge in [-0.25, -0.2) is 15.6 Å². The van der Waals surface area contributed by atoms with Crippen molar-refractivity contribution in [3.8, 4) is 0 Å². The van der Waals surface area contributed by atoms with Crippen LogP contribution in [0.2, 0.25) is 0 Å². The van der Waals surface area contributed by atoms with Gasteiger partial charge in [-0.2, -0.15) is 0 Å². The van der Waals surface area contributed by atoms with Crippen molar-refractivity contribution < 1.29 is 4.79 Å². The number of amides is 2. The molecule has 0 aliphatic carbocycles. The third-order valence-corrected chi connectivity index (χ3v) is 4.01. The molecule has 0 fully saturated rings. The highest BCUT2D eigenvalue weighted by Crippen LogP contribution is 2.12. The van der Waals surface area contributed by atoms with Gasteiger partial charge >= 0.3 is 6.03 Å². The molecule has 0 unspecified atom stereocenters. The van der Waals surface area contributed by atoms with Crippen molar-refractivity contribution in [3.63, 3.8) is 0 Å². The first-order chi connectivity index (χ1) is 10.2. The van der Waals surface area contributed by atoms with Crippen LogP contribution in [-0.4, -0.2) is 17.6 Å². The number of carbonyl (C=O) groups is 1. The van der Waals surface area contributed by atoms with E-state index in [-0.39, 0.29) is 6.03 Å². The van der Waals surface area contributed by atoms with E-state index in [1.165, 1.54) is 16.8 Å². The molecule has 21 heavy (non-hydrogen) atoms. The molecule has 0 saturated heterocycles. The largest absolute Gasteiger partial charge is 0.337 e. The van der Waals surface area contributed by atoms with Gasteiger partial charge in [-0.15, -0.1) is 11.3 Å². The maximum absolute atomic E-state index is 10.9. The minimum atomic E-state index is -0.356. The van der Waals surface area contributed by atoms with Gasteiger partial charge in [0.05, 0.1) is 10.7 Å². The number of hydrogen-bond donors (Lipinski definition) is 3. The van der Waals surface area contributed by atoms with Crippen LogP contribution in [0.5, 0.6) is 0 Å². The Morgan fingerprint density at radius 2 is 1.86 bits per heavy atom. The van der Waals surface area contributed by atoms with Gasteiger partial charge in [0, 0.05) is 11.9 Å². The fourth-order valence-corrected chi connectivity index (χ4v) is 2.69. The number of nitrogens with one attached hydrogen (secondary N) is 2. The summed E-state index contributed by atoms with van der Waals surface area (Å²) < 4.78 is 0. The molecule has 112 valence electrons. The maximum Gasteiger partial charge on any atom is 0.328 e. The molecule has 5 nitrogen and oxygen atoms in total. The van der Waals surface area contributed by atoms with Gasteiger partial charge in [0.15, 0.2) is 0 Å². The second-order valence-electron chi connectivity index (χ2n) is 4.82. The molecular formula is C15H20N4OS. The lowest BCUT2D eigenvalue weighted by atomic mass is 10.0. The number of urea groups is 1. The number of thiazole rings is 1. The first-order valence-corrected chi connectivity index (χ1v) is 7.78. The number of carbonyl (C=O) groups excluding carboxylic acids is 1. The van der Waals surface area contributed by atoms with Crippen LogP contribution in [0.4, 0.5) is 4.79 Å². The number of hydrogen-bond acceptors (Lipinski definition) is 4. The van der Waals surface area contributed by atoms with Crippen molar-refractivity contribution >= 4 is 17.4 Å². The summed E-state index contributed by atoms with van der Waals surface area (Å²) in [5.74, 6) is 4.99. The summed E-state index contributed by atoms with van der Waals surface area (Å²) in [6, 6.07) is 8.12. The lowest BCUT2D eigenvalue weighted by Gasteiger charge is -2.05. The first-order valence-electron chi connectivity index (χ1n) is 6.90. The summed E-state index contributed by atoms with van der Waals surface area (Å²) in [5.41, 5.74) is 5.70. The average molecular weight is 304 g/mol. The zero-order valence-corrected chi connectivity index (χ0v) is 12.9. The Hall–Kier alpha value is -1.92. The normalized spacial score (nSPS) is 10.4. The fourth-order valence-electron chi connectivity index (χ4n) is 2.04. The summed E-state index contributed by atoms with van der Waals surface area (Å²) in [5, 5.41) is 5.90. The molecule has 2 aromatic rings. The third-order valence-electron chi connectivity index (χ3n) is 3.19. The molecule has 0 atom stereocenters. The summed E-state index contributed by atoms with van der Waals surface area (Å²) in [6.45, 7) is 2.60. The van der Waals surface area contributed by atoms with E-state index in [1.807, 2.05) is 12.3 Å². The van der Waals surface area contributed by atoms with Gasteiger partial charge in [0.2, 0.25) is 0 Å². The molecule has 0 aliphatic heterocycles. The molecular weight excluding hydrogens is 284 g/mol. The Kier molecular flexibility index (Phi) is 5.71. The van der Waals surface area contributed by atoms with E-state index < -0.39 is 0 Å². The van der Waals surface area contributed by atoms with Gasteiger partial charge in [-0.05, 0) is 37.3 Å². The van der Waals surface area contributed by atoms with Gasteiger partial charge in [-0.1, -0.05) is 24.3 Å². The van der Waals surface area contributed by atoms with Crippen LogP contribution in [0.3, 0.4) is 0 Å². The molecule has 6 heteroatoms. The van der Waals surface area contributed by atoms with Crippen molar-refractivity contribution in [3.05, 3.63) is 51.5 Å². The fraction of sp³-hybridized carbons (Fsp3) is 0.333. The topological polar surface area (TPSA) is 80.0 Å². The minimum Gasteiger partial charge on any atom is -0.337 e. The molecule has 0 radical (unpaired) electrons. The van der Waals surface area contributed by atoms with E-state index in [0.29, 0.717) is 6.54 Å². The Balaban J connectivity index is 1.77. The molecule has 2 rings (SSSR count). The van der Waals surface area contributed by atoms with Crippen molar-refractivity contribution in [2.75, 3.05) is 6.54 Å². The number of nitrogens with zero attached hydrogens (tertiary/aromatic N) is 1. The van der Waals surface area contributed by atoms with E-state index >= 15 is 0 Å². The SMILES string of the molecule is Cc1nc(CCc2ccc(CCNC(=O)NN)cc2)cs1. The van der Waals surface area contributed by atoms with E-state index in [4.69, 9.17) is 5.84 Å². The Morgan fingerprint density at radius 1 is 1.19 bits per heavy atom. The molecule has 2 amide bonds. The van der Waals surface area contributed by atoms with Gasteiger partial charge < -0.3 is 5.32 Å². The van der Waals surface area contributed by atoms with Crippen LogP contribution in [0, 0.1) is 6.92 Å². The van der Waals surface area contributed by atoms with E-state index in [1.54, 1.807) is 11.3 Å². The zero-order valence-electron chi connectivity index (χ0n) is 12.1. The van der Waals surface area contributed by atoms with Gasteiger partial charge in [-0.3, -0.25) is 5.43 Å². The first kappa shape index (κ1) is 15.5. The molecule has 0 bridgehead atoms. The van der Waals surface area contributed by atoms with Crippen molar-refractivity contribution in [1.29, 1.82) is 0 Å². The third kappa shape index (κ3) is 5.17. The van der Waals surface area contributed by atoms with Crippen LogP contribution in [-0.2, 0) is 19.3 Å². The molecule has 1 aromatic carbocycles. The van der Waals surface area contributed by atoms with Gasteiger partial charge in [0.25, 0.3) is 0 Å². The average Bonchev–Trinajstić information content (AvgIpc) is 2.92. The number of benzene rings is 1. The highest BCUT2D eigenvalue weighted by Gasteiger charge is 2.01. The van der Waals surface area contributed by atoms with Crippen LogP contribution >= 0.6 is 11.3 Å². The van der Waals surface area contributed by atoms with Crippen LogP contribution < -0.4 is 16.6 Å². The Bertz CT molecular complexity index is 580. The monoisotopic (exact) mass is 304 g/mol. The Morgan fingerprint density at radius 3 is 2.43 bits per heavy atom. The van der Waals surface area contributed by atoms with Crippen molar-refractivity contribution in [2.24, 2.45) is 5.84 Å². The molecule has 0 spiro atoms. The summed E-state index contributed by atoms with van der Waals surface area (Å²) in [6.07, 6.45) is 2.76.